The van der Waals surface area contributed by atoms with Gasteiger partial charge in [-0.2, -0.15) is 4.31 Å². The molecule has 0 spiro atoms. The lowest BCUT2D eigenvalue weighted by Crippen LogP contribution is -2.48. The van der Waals surface area contributed by atoms with Gasteiger partial charge < -0.3 is 16.4 Å². The van der Waals surface area contributed by atoms with Crippen LogP contribution in [0.4, 0.5) is 0 Å². The van der Waals surface area contributed by atoms with Gasteiger partial charge in [0.1, 0.15) is 6.04 Å². The summed E-state index contributed by atoms with van der Waals surface area (Å²) in [4.78, 5) is 36.7. The number of benzene rings is 2. The third-order valence-electron chi connectivity index (χ3n) is 5.51. The normalized spacial score (nSPS) is 18.5. The molecule has 1 saturated heterocycles. The fraction of sp³-hybridized carbons (Fsp3) is 0.318. The third-order valence-corrected chi connectivity index (χ3v) is 7.65. The number of amides is 3. The van der Waals surface area contributed by atoms with Gasteiger partial charge >= 0.3 is 0 Å². The highest BCUT2D eigenvalue weighted by Gasteiger charge is 2.44. The van der Waals surface area contributed by atoms with Gasteiger partial charge in [-0.05, 0) is 42.7 Å². The third kappa shape index (κ3) is 7.38. The molecule has 14 heteroatoms. The molecule has 3 atom stereocenters. The number of nitrogens with zero attached hydrogens (tertiary/aromatic N) is 1. The molecule has 3 rings (SSSR count). The second-order valence-electron chi connectivity index (χ2n) is 8.03. The van der Waals surface area contributed by atoms with Crippen LogP contribution in [0, 0.1) is 0 Å². The van der Waals surface area contributed by atoms with Crippen LogP contribution >= 0.6 is 24.0 Å². The first-order valence-electron chi connectivity index (χ1n) is 10.7. The van der Waals surface area contributed by atoms with E-state index >= 15 is 0 Å². The summed E-state index contributed by atoms with van der Waals surface area (Å²) in [6.45, 7) is -0.588. The fourth-order valence-electron chi connectivity index (χ4n) is 3.77. The summed E-state index contributed by atoms with van der Waals surface area (Å²) in [6, 6.07) is 11.7. The number of carbonyl (C=O) groups is 3. The Balaban J connectivity index is 0.00000456. The Labute approximate surface area is 219 Å². The highest BCUT2D eigenvalue weighted by atomic mass is 35.5. The van der Waals surface area contributed by atoms with Gasteiger partial charge in [-0.1, -0.05) is 41.9 Å². The molecule has 36 heavy (non-hydrogen) atoms. The zero-order valence-corrected chi connectivity index (χ0v) is 21.4. The second kappa shape index (κ2) is 13.0. The molecule has 1 fully saturated rings. The maximum Gasteiger partial charge on any atom is 0.261 e. The first kappa shape index (κ1) is 29.5. The Bertz CT molecular complexity index is 1170. The van der Waals surface area contributed by atoms with Crippen LogP contribution in [0.2, 0.25) is 5.02 Å². The van der Waals surface area contributed by atoms with Crippen molar-refractivity contribution in [1.29, 1.82) is 0 Å². The highest BCUT2D eigenvalue weighted by Crippen LogP contribution is 2.27. The van der Waals surface area contributed by atoms with E-state index in [-0.39, 0.29) is 36.8 Å². The number of rotatable bonds is 9. The summed E-state index contributed by atoms with van der Waals surface area (Å²) in [5.74, 6) is -2.02. The Morgan fingerprint density at radius 3 is 2.36 bits per heavy atom. The number of nitrogens with one attached hydrogen (secondary N) is 3. The van der Waals surface area contributed by atoms with E-state index in [1.807, 2.05) is 30.3 Å². The Hall–Kier alpha value is -2.74. The Kier molecular flexibility index (Phi) is 10.6. The van der Waals surface area contributed by atoms with Gasteiger partial charge in [-0.3, -0.25) is 19.6 Å². The molecule has 2 aromatic rings. The van der Waals surface area contributed by atoms with E-state index in [9.17, 15) is 22.8 Å². The first-order valence-corrected chi connectivity index (χ1v) is 12.5. The number of hydrogen-bond donors (Lipinski definition) is 5. The topological polar surface area (TPSA) is 171 Å². The summed E-state index contributed by atoms with van der Waals surface area (Å²) in [7, 11) is -4.13. The number of hydroxylamine groups is 1. The van der Waals surface area contributed by atoms with Gasteiger partial charge in [0.2, 0.25) is 21.8 Å². The maximum atomic E-state index is 13.1. The van der Waals surface area contributed by atoms with E-state index in [0.29, 0.717) is 11.4 Å². The van der Waals surface area contributed by atoms with Crippen LogP contribution in [0.1, 0.15) is 12.0 Å². The van der Waals surface area contributed by atoms with Crippen molar-refractivity contribution in [3.8, 4) is 0 Å². The SMILES string of the molecule is Cl.N[C@@H](Cc1ccccc1)C(=O)NCC(=O)N[C@H]1C[C@@H](C(=O)NO)N(S(=O)(=O)c2ccc(Cl)cc2)C1. The standard InChI is InChI=1S/C22H26ClN5O6S.ClH/c23-15-6-8-17(9-7-15)35(33,34)28-13-16(11-19(28)22(31)27-32)26-20(29)12-25-21(30)18(24)10-14-4-2-1-3-5-14;/h1-9,16,18-19,32H,10-13,24H2,(H,25,30)(H,26,29)(H,27,31);1H/t16-,18-,19-;/m0./s1. The van der Waals surface area contributed by atoms with Crippen LogP contribution < -0.4 is 21.8 Å². The number of hydrogen-bond acceptors (Lipinski definition) is 7. The van der Waals surface area contributed by atoms with Crippen LogP contribution in [0.3, 0.4) is 0 Å². The first-order chi connectivity index (χ1) is 16.6. The van der Waals surface area contributed by atoms with Crippen molar-refractivity contribution in [2.45, 2.75) is 35.9 Å². The van der Waals surface area contributed by atoms with Crippen LogP contribution in [-0.2, 0) is 30.8 Å². The van der Waals surface area contributed by atoms with Crippen molar-refractivity contribution in [2.75, 3.05) is 13.1 Å². The lowest BCUT2D eigenvalue weighted by atomic mass is 10.1. The lowest BCUT2D eigenvalue weighted by molar-refractivity contribution is -0.132. The minimum absolute atomic E-state index is 0. The van der Waals surface area contributed by atoms with Crippen molar-refractivity contribution in [2.24, 2.45) is 5.73 Å². The quantitative estimate of drug-likeness (QED) is 0.215. The van der Waals surface area contributed by atoms with Crippen molar-refractivity contribution in [3.63, 3.8) is 0 Å². The average Bonchev–Trinajstić information content (AvgIpc) is 3.27. The van der Waals surface area contributed by atoms with Crippen molar-refractivity contribution < 1.29 is 28.0 Å². The van der Waals surface area contributed by atoms with E-state index in [0.717, 1.165) is 9.87 Å². The van der Waals surface area contributed by atoms with Gasteiger partial charge in [-0.15, -0.1) is 12.4 Å². The molecule has 196 valence electrons. The zero-order chi connectivity index (χ0) is 25.6. The molecule has 1 heterocycles. The van der Waals surface area contributed by atoms with Gasteiger partial charge in [0.05, 0.1) is 17.5 Å². The minimum Gasteiger partial charge on any atom is -0.350 e. The summed E-state index contributed by atoms with van der Waals surface area (Å²) >= 11 is 5.82. The van der Waals surface area contributed by atoms with Crippen molar-refractivity contribution >= 4 is 51.8 Å². The molecular formula is C22H27Cl2N5O6S. The number of sulfonamides is 1. The molecule has 0 radical (unpaired) electrons. The molecule has 2 aromatic carbocycles. The molecule has 0 aromatic heterocycles. The molecule has 3 amide bonds. The van der Waals surface area contributed by atoms with Crippen LogP contribution in [0.5, 0.6) is 0 Å². The molecule has 0 saturated carbocycles. The van der Waals surface area contributed by atoms with Crippen molar-refractivity contribution in [3.05, 3.63) is 65.2 Å². The number of carbonyl (C=O) groups excluding carboxylic acids is 3. The van der Waals surface area contributed by atoms with E-state index in [1.165, 1.54) is 29.7 Å². The van der Waals surface area contributed by atoms with E-state index < -0.39 is 45.9 Å². The average molecular weight is 560 g/mol. The molecule has 6 N–H and O–H groups in total. The molecule has 0 bridgehead atoms. The summed E-state index contributed by atoms with van der Waals surface area (Å²) in [5.41, 5.74) is 8.24. The minimum atomic E-state index is -4.13. The molecule has 11 nitrogen and oxygen atoms in total. The summed E-state index contributed by atoms with van der Waals surface area (Å²) in [6.07, 6.45) is 0.221. The van der Waals surface area contributed by atoms with Crippen LogP contribution in [0.25, 0.3) is 0 Å². The monoisotopic (exact) mass is 559 g/mol. The Morgan fingerprint density at radius 1 is 1.11 bits per heavy atom. The van der Waals surface area contributed by atoms with Gasteiger partial charge in [0, 0.05) is 17.6 Å². The maximum absolute atomic E-state index is 13.1. The predicted molar refractivity (Wildman–Crippen MR) is 134 cm³/mol. The summed E-state index contributed by atoms with van der Waals surface area (Å²) in [5, 5.41) is 14.5. The lowest BCUT2D eigenvalue weighted by Gasteiger charge is -2.22. The summed E-state index contributed by atoms with van der Waals surface area (Å²) < 4.78 is 27.1. The highest BCUT2D eigenvalue weighted by molar-refractivity contribution is 7.89. The molecular weight excluding hydrogens is 533 g/mol. The molecule has 1 aliphatic heterocycles. The van der Waals surface area contributed by atoms with E-state index in [1.54, 1.807) is 0 Å². The molecule has 1 aliphatic rings. The van der Waals surface area contributed by atoms with Gasteiger partial charge in [0.15, 0.2) is 0 Å². The number of halogens is 2. The van der Waals surface area contributed by atoms with Crippen LogP contribution in [0.15, 0.2) is 59.5 Å². The Morgan fingerprint density at radius 2 is 1.75 bits per heavy atom. The predicted octanol–water partition coefficient (Wildman–Crippen LogP) is 0.201. The van der Waals surface area contributed by atoms with Gasteiger partial charge in [-0.25, -0.2) is 13.9 Å². The molecule has 0 unspecified atom stereocenters. The zero-order valence-electron chi connectivity index (χ0n) is 19.0. The van der Waals surface area contributed by atoms with E-state index in [4.69, 9.17) is 22.5 Å². The van der Waals surface area contributed by atoms with E-state index in [2.05, 4.69) is 10.6 Å². The van der Waals surface area contributed by atoms with Gasteiger partial charge in [0.25, 0.3) is 5.91 Å². The second-order valence-corrected chi connectivity index (χ2v) is 10.4. The number of nitrogens with two attached hydrogens (primary N) is 1. The largest absolute Gasteiger partial charge is 0.350 e. The van der Waals surface area contributed by atoms with Crippen LogP contribution in [-0.4, -0.2) is 66.9 Å². The fourth-order valence-corrected chi connectivity index (χ4v) is 5.54. The smallest absolute Gasteiger partial charge is 0.261 e. The molecule has 0 aliphatic carbocycles. The van der Waals surface area contributed by atoms with Crippen molar-refractivity contribution in [1.82, 2.24) is 20.4 Å².